The Kier molecular flexibility index (Phi) is 4.47. The molecule has 29 heavy (non-hydrogen) atoms. The topological polar surface area (TPSA) is 35.6 Å². The highest BCUT2D eigenvalue weighted by Crippen LogP contribution is 2.36. The number of amides is 1. The molecule has 148 valence electrons. The molecule has 2 aliphatic rings. The van der Waals surface area contributed by atoms with E-state index in [2.05, 4.69) is 57.6 Å². The third-order valence-corrected chi connectivity index (χ3v) is 6.43. The van der Waals surface area contributed by atoms with Crippen molar-refractivity contribution in [1.82, 2.24) is 10.2 Å². The summed E-state index contributed by atoms with van der Waals surface area (Å²) < 4.78 is 13.3. The third-order valence-electron chi connectivity index (χ3n) is 6.43. The number of fused-ring (bicyclic) bond motifs is 1. The first-order chi connectivity index (χ1) is 14.2. The second-order valence-corrected chi connectivity index (χ2v) is 8.01. The van der Waals surface area contributed by atoms with Gasteiger partial charge >= 0.3 is 0 Å². The summed E-state index contributed by atoms with van der Waals surface area (Å²) in [5.74, 6) is -0.169. The van der Waals surface area contributed by atoms with Crippen molar-refractivity contribution in [3.05, 3.63) is 78.1 Å². The molecule has 0 aliphatic carbocycles. The van der Waals surface area contributed by atoms with E-state index in [9.17, 15) is 9.18 Å². The summed E-state index contributed by atoms with van der Waals surface area (Å²) in [6.45, 7) is 3.08. The van der Waals surface area contributed by atoms with Crippen molar-refractivity contribution < 1.29 is 9.18 Å². The molecule has 1 amide bonds. The van der Waals surface area contributed by atoms with Gasteiger partial charge in [-0.3, -0.25) is 9.69 Å². The number of nitrogens with one attached hydrogen (secondary N) is 1. The highest BCUT2D eigenvalue weighted by Gasteiger charge is 2.50. The number of halogens is 1. The quantitative estimate of drug-likeness (QED) is 0.738. The van der Waals surface area contributed by atoms with Crippen molar-refractivity contribution in [2.75, 3.05) is 24.7 Å². The van der Waals surface area contributed by atoms with Crippen LogP contribution in [0, 0.1) is 5.82 Å². The van der Waals surface area contributed by atoms with E-state index < -0.39 is 5.54 Å². The maximum absolute atomic E-state index is 13.3. The van der Waals surface area contributed by atoms with Crippen LogP contribution in [0.15, 0.2) is 66.7 Å². The number of piperidine rings is 1. The highest BCUT2D eigenvalue weighted by atomic mass is 19.1. The summed E-state index contributed by atoms with van der Waals surface area (Å²) in [7, 11) is 0. The summed E-state index contributed by atoms with van der Waals surface area (Å²) in [4.78, 5) is 17.3. The van der Waals surface area contributed by atoms with Crippen molar-refractivity contribution >= 4 is 22.4 Å². The average molecular weight is 389 g/mol. The second-order valence-electron chi connectivity index (χ2n) is 8.01. The first-order valence-corrected chi connectivity index (χ1v) is 10.2. The minimum atomic E-state index is -0.535. The molecular weight excluding hydrogens is 365 g/mol. The lowest BCUT2D eigenvalue weighted by molar-refractivity contribution is -0.125. The summed E-state index contributed by atoms with van der Waals surface area (Å²) in [5, 5.41) is 5.56. The molecule has 1 N–H and O–H groups in total. The fourth-order valence-electron chi connectivity index (χ4n) is 4.80. The van der Waals surface area contributed by atoms with E-state index in [1.807, 2.05) is 0 Å². The van der Waals surface area contributed by atoms with Gasteiger partial charge in [0, 0.05) is 25.3 Å². The van der Waals surface area contributed by atoms with Gasteiger partial charge in [-0.1, -0.05) is 42.5 Å². The molecule has 0 radical (unpaired) electrons. The Morgan fingerprint density at radius 1 is 0.931 bits per heavy atom. The number of carbonyl (C=O) groups is 1. The Morgan fingerprint density at radius 2 is 1.66 bits per heavy atom. The third kappa shape index (κ3) is 3.15. The lowest BCUT2D eigenvalue weighted by atomic mass is 9.85. The Hall–Kier alpha value is -2.92. The molecular formula is C24H24FN3O. The lowest BCUT2D eigenvalue weighted by Crippen LogP contribution is -2.56. The minimum absolute atomic E-state index is 0.0895. The van der Waals surface area contributed by atoms with Crippen LogP contribution in [0.4, 0.5) is 10.1 Å². The molecule has 5 rings (SSSR count). The molecule has 0 bridgehead atoms. The van der Waals surface area contributed by atoms with E-state index >= 15 is 0 Å². The zero-order chi connectivity index (χ0) is 19.8. The van der Waals surface area contributed by atoms with Crippen LogP contribution in [-0.2, 0) is 11.3 Å². The average Bonchev–Trinajstić information content (AvgIpc) is 3.06. The van der Waals surface area contributed by atoms with Gasteiger partial charge in [0.2, 0.25) is 5.91 Å². The molecule has 0 unspecified atom stereocenters. The van der Waals surface area contributed by atoms with Crippen LogP contribution in [0.3, 0.4) is 0 Å². The van der Waals surface area contributed by atoms with Gasteiger partial charge in [0.1, 0.15) is 11.4 Å². The molecule has 0 saturated carbocycles. The number of rotatable bonds is 3. The van der Waals surface area contributed by atoms with Crippen LogP contribution in [-0.4, -0.2) is 36.1 Å². The van der Waals surface area contributed by atoms with Crippen LogP contribution in [0.2, 0.25) is 0 Å². The number of hydrogen-bond acceptors (Lipinski definition) is 3. The standard InChI is InChI=1S/C24H24FN3O/c25-20-8-10-21(11-9-20)28-17-26-23(29)24(28)12-14-27(15-13-24)16-19-6-3-5-18-4-1-2-7-22(18)19/h1-11H,12-17H2,(H,26,29). The van der Waals surface area contributed by atoms with Gasteiger partial charge in [-0.2, -0.15) is 0 Å². The number of hydrogen-bond donors (Lipinski definition) is 1. The zero-order valence-corrected chi connectivity index (χ0v) is 16.3. The summed E-state index contributed by atoms with van der Waals surface area (Å²) in [6, 6.07) is 21.4. The molecule has 4 nitrogen and oxygen atoms in total. The SMILES string of the molecule is O=C1NCN(c2ccc(F)cc2)C12CCN(Cc1cccc3ccccc13)CC2. The van der Waals surface area contributed by atoms with Crippen LogP contribution >= 0.6 is 0 Å². The molecule has 2 heterocycles. The van der Waals surface area contributed by atoms with Crippen molar-refractivity contribution in [1.29, 1.82) is 0 Å². The zero-order valence-electron chi connectivity index (χ0n) is 16.3. The smallest absolute Gasteiger partial charge is 0.247 e. The van der Waals surface area contributed by atoms with Gasteiger partial charge in [0.15, 0.2) is 0 Å². The number of anilines is 1. The molecule has 3 aromatic rings. The summed E-state index contributed by atoms with van der Waals surface area (Å²) in [6.07, 6.45) is 1.53. The Morgan fingerprint density at radius 3 is 2.45 bits per heavy atom. The predicted molar refractivity (Wildman–Crippen MR) is 113 cm³/mol. The second kappa shape index (κ2) is 7.16. The van der Waals surface area contributed by atoms with Crippen LogP contribution < -0.4 is 10.2 Å². The van der Waals surface area contributed by atoms with E-state index in [4.69, 9.17) is 0 Å². The number of nitrogens with zero attached hydrogens (tertiary/aromatic N) is 2. The number of likely N-dealkylation sites (tertiary alicyclic amines) is 1. The van der Waals surface area contributed by atoms with E-state index in [1.54, 1.807) is 12.1 Å². The van der Waals surface area contributed by atoms with Crippen LogP contribution in [0.1, 0.15) is 18.4 Å². The Bertz CT molecular complexity index is 1040. The fraction of sp³-hybridized carbons (Fsp3) is 0.292. The molecule has 0 atom stereocenters. The monoisotopic (exact) mass is 389 g/mol. The van der Waals surface area contributed by atoms with Crippen molar-refractivity contribution in [2.45, 2.75) is 24.9 Å². The van der Waals surface area contributed by atoms with Gasteiger partial charge in [0.05, 0.1) is 6.67 Å². The summed E-state index contributed by atoms with van der Waals surface area (Å²) >= 11 is 0. The van der Waals surface area contributed by atoms with Gasteiger partial charge < -0.3 is 10.2 Å². The van der Waals surface area contributed by atoms with Crippen molar-refractivity contribution in [3.8, 4) is 0 Å². The molecule has 2 aliphatic heterocycles. The first kappa shape index (κ1) is 18.1. The molecule has 3 aromatic carbocycles. The van der Waals surface area contributed by atoms with Gasteiger partial charge in [-0.05, 0) is 53.4 Å². The predicted octanol–water partition coefficient (Wildman–Crippen LogP) is 3.91. The van der Waals surface area contributed by atoms with E-state index in [1.165, 1.54) is 28.5 Å². The first-order valence-electron chi connectivity index (χ1n) is 10.2. The van der Waals surface area contributed by atoms with Crippen molar-refractivity contribution in [2.24, 2.45) is 0 Å². The molecule has 0 aromatic heterocycles. The number of carbonyl (C=O) groups excluding carboxylic acids is 1. The largest absolute Gasteiger partial charge is 0.339 e. The number of benzene rings is 3. The lowest BCUT2D eigenvalue weighted by Gasteiger charge is -2.43. The summed E-state index contributed by atoms with van der Waals surface area (Å²) in [5.41, 5.74) is 1.69. The van der Waals surface area contributed by atoms with E-state index in [-0.39, 0.29) is 11.7 Å². The molecule has 2 saturated heterocycles. The maximum Gasteiger partial charge on any atom is 0.247 e. The fourth-order valence-corrected chi connectivity index (χ4v) is 4.80. The van der Waals surface area contributed by atoms with Crippen LogP contribution in [0.5, 0.6) is 0 Å². The van der Waals surface area contributed by atoms with Gasteiger partial charge in [-0.25, -0.2) is 4.39 Å². The molecule has 1 spiro atoms. The van der Waals surface area contributed by atoms with Crippen molar-refractivity contribution in [3.63, 3.8) is 0 Å². The Labute approximate surface area is 169 Å². The van der Waals surface area contributed by atoms with E-state index in [0.29, 0.717) is 6.67 Å². The maximum atomic E-state index is 13.3. The minimum Gasteiger partial charge on any atom is -0.339 e. The molecule has 2 fully saturated rings. The van der Waals surface area contributed by atoms with Gasteiger partial charge in [-0.15, -0.1) is 0 Å². The normalized spacial score (nSPS) is 19.1. The van der Waals surface area contributed by atoms with Crippen LogP contribution in [0.25, 0.3) is 10.8 Å². The van der Waals surface area contributed by atoms with Gasteiger partial charge in [0.25, 0.3) is 0 Å². The molecule has 5 heteroatoms. The highest BCUT2D eigenvalue weighted by molar-refractivity contribution is 5.93. The van der Waals surface area contributed by atoms with E-state index in [0.717, 1.165) is 38.2 Å². The Balaban J connectivity index is 1.34.